The molecule has 7 nitrogen and oxygen atoms in total. The van der Waals surface area contributed by atoms with Crippen LogP contribution in [-0.2, 0) is 17.2 Å². The highest BCUT2D eigenvalue weighted by Crippen LogP contribution is 2.36. The number of aryl methyl sites for hydroxylation is 1. The molecule has 0 bridgehead atoms. The summed E-state index contributed by atoms with van der Waals surface area (Å²) in [6.45, 7) is 0. The van der Waals surface area contributed by atoms with E-state index >= 15 is 0 Å². The molecule has 9 heteroatoms. The summed E-state index contributed by atoms with van der Waals surface area (Å²) in [5.74, 6) is -0.0991. The number of benzene rings is 1. The minimum Gasteiger partial charge on any atom is -0.322 e. The fourth-order valence-corrected chi connectivity index (χ4v) is 2.75. The van der Waals surface area contributed by atoms with Gasteiger partial charge in [-0.05, 0) is 6.07 Å². The van der Waals surface area contributed by atoms with Crippen molar-refractivity contribution in [2.75, 3.05) is 6.26 Å². The van der Waals surface area contributed by atoms with Crippen LogP contribution in [0.4, 0.5) is 5.69 Å². The average Bonchev–Trinajstić information content (AvgIpc) is 2.31. The first-order valence-electron chi connectivity index (χ1n) is 5.35. The molecular weight excluding hydrogens is 352 g/mol. The zero-order valence-electron chi connectivity index (χ0n) is 10.5. The first-order valence-corrected chi connectivity index (χ1v) is 7.96. The number of nitro groups is 1. The standard InChI is InChI=1S/C11H10BrN2O5S/c1-13-6-5-7-8(12)3-4-9(14(15)16)10(7)11(13)19-20(2,17)18/h3-6H,1-2H3/q+1. The minimum absolute atomic E-state index is 0.0991. The number of nitrogens with zero attached hydrogens (tertiary/aromatic N) is 2. The molecule has 0 fully saturated rings. The zero-order chi connectivity index (χ0) is 15.1. The number of non-ortho nitro benzene ring substituents is 1. The van der Waals surface area contributed by atoms with Gasteiger partial charge in [0.1, 0.15) is 7.05 Å². The number of hydrogen-bond acceptors (Lipinski definition) is 5. The third-order valence-electron chi connectivity index (χ3n) is 2.60. The van der Waals surface area contributed by atoms with Crippen molar-refractivity contribution in [1.29, 1.82) is 0 Å². The Morgan fingerprint density at radius 3 is 2.55 bits per heavy atom. The summed E-state index contributed by atoms with van der Waals surface area (Å²) in [5.41, 5.74) is -0.224. The Bertz CT molecular complexity index is 819. The highest BCUT2D eigenvalue weighted by molar-refractivity contribution is 9.10. The van der Waals surface area contributed by atoms with Crippen molar-refractivity contribution in [1.82, 2.24) is 0 Å². The Morgan fingerprint density at radius 1 is 1.35 bits per heavy atom. The van der Waals surface area contributed by atoms with Gasteiger partial charge in [0, 0.05) is 22.0 Å². The molecule has 1 heterocycles. The molecule has 1 aromatic carbocycles. The molecule has 0 saturated carbocycles. The van der Waals surface area contributed by atoms with Gasteiger partial charge in [-0.2, -0.15) is 13.0 Å². The lowest BCUT2D eigenvalue weighted by Gasteiger charge is -2.06. The van der Waals surface area contributed by atoms with Gasteiger partial charge >= 0.3 is 16.0 Å². The molecule has 0 aliphatic rings. The second-order valence-corrected chi connectivity index (χ2v) is 6.56. The number of fused-ring (bicyclic) bond motifs is 1. The van der Waals surface area contributed by atoms with Crippen molar-refractivity contribution in [3.63, 3.8) is 0 Å². The van der Waals surface area contributed by atoms with Crippen LogP contribution in [0, 0.1) is 10.1 Å². The van der Waals surface area contributed by atoms with Gasteiger partial charge in [0.2, 0.25) is 0 Å². The molecule has 0 atom stereocenters. The number of halogens is 1. The highest BCUT2D eigenvalue weighted by Gasteiger charge is 2.27. The van der Waals surface area contributed by atoms with Crippen LogP contribution in [0.2, 0.25) is 0 Å². The third-order valence-corrected chi connectivity index (χ3v) is 3.75. The fraction of sp³-hybridized carbons (Fsp3) is 0.182. The molecule has 1 aromatic heterocycles. The van der Waals surface area contributed by atoms with Gasteiger partial charge in [0.05, 0.1) is 11.2 Å². The van der Waals surface area contributed by atoms with E-state index in [0.717, 1.165) is 6.26 Å². The molecule has 0 saturated heterocycles. The maximum Gasteiger partial charge on any atom is 0.398 e. The van der Waals surface area contributed by atoms with Crippen LogP contribution in [0.5, 0.6) is 5.88 Å². The lowest BCUT2D eigenvalue weighted by Crippen LogP contribution is -2.31. The van der Waals surface area contributed by atoms with Crippen LogP contribution < -0.4 is 8.75 Å². The maximum atomic E-state index is 11.3. The van der Waals surface area contributed by atoms with Crippen LogP contribution in [0.15, 0.2) is 28.9 Å². The summed E-state index contributed by atoms with van der Waals surface area (Å²) < 4.78 is 29.6. The van der Waals surface area contributed by atoms with E-state index in [1.807, 2.05) is 0 Å². The summed E-state index contributed by atoms with van der Waals surface area (Å²) in [4.78, 5) is 10.6. The number of aromatic nitrogens is 1. The van der Waals surface area contributed by atoms with E-state index in [-0.39, 0.29) is 17.0 Å². The maximum absolute atomic E-state index is 11.3. The van der Waals surface area contributed by atoms with Crippen LogP contribution in [0.3, 0.4) is 0 Å². The van der Waals surface area contributed by atoms with Crippen molar-refractivity contribution < 1.29 is 22.1 Å². The first-order chi connectivity index (χ1) is 9.20. The largest absolute Gasteiger partial charge is 0.398 e. The van der Waals surface area contributed by atoms with Crippen molar-refractivity contribution in [3.8, 4) is 5.88 Å². The Morgan fingerprint density at radius 2 is 2.00 bits per heavy atom. The van der Waals surface area contributed by atoms with E-state index in [1.165, 1.54) is 16.7 Å². The molecule has 0 spiro atoms. The van der Waals surface area contributed by atoms with Crippen molar-refractivity contribution in [3.05, 3.63) is 39.0 Å². The predicted molar refractivity (Wildman–Crippen MR) is 75.0 cm³/mol. The molecule has 106 valence electrons. The number of rotatable bonds is 3. The van der Waals surface area contributed by atoms with Gasteiger partial charge in [-0.25, -0.2) is 0 Å². The molecule has 0 aliphatic carbocycles. The van der Waals surface area contributed by atoms with Gasteiger partial charge < -0.3 is 4.18 Å². The number of pyridine rings is 1. The van der Waals surface area contributed by atoms with Crippen molar-refractivity contribution in [2.24, 2.45) is 7.05 Å². The van der Waals surface area contributed by atoms with Crippen LogP contribution in [-0.4, -0.2) is 19.6 Å². The van der Waals surface area contributed by atoms with E-state index in [1.54, 1.807) is 19.3 Å². The number of hydrogen-bond donors (Lipinski definition) is 0. The molecule has 2 rings (SSSR count). The fourth-order valence-electron chi connectivity index (χ4n) is 1.80. The molecular formula is C11H10BrN2O5S+. The van der Waals surface area contributed by atoms with E-state index in [2.05, 4.69) is 15.9 Å². The molecule has 0 aliphatic heterocycles. The third kappa shape index (κ3) is 2.73. The zero-order valence-corrected chi connectivity index (χ0v) is 12.9. The summed E-state index contributed by atoms with van der Waals surface area (Å²) in [7, 11) is -2.26. The topological polar surface area (TPSA) is 90.4 Å². The molecule has 0 N–H and O–H groups in total. The van der Waals surface area contributed by atoms with Crippen molar-refractivity contribution >= 4 is 42.5 Å². The van der Waals surface area contributed by atoms with Gasteiger partial charge in [0.25, 0.3) is 5.69 Å². The summed E-state index contributed by atoms with van der Waals surface area (Å²) in [6, 6.07) is 4.47. The van der Waals surface area contributed by atoms with Gasteiger partial charge in [-0.15, -0.1) is 0 Å². The van der Waals surface area contributed by atoms with Crippen LogP contribution in [0.1, 0.15) is 0 Å². The normalized spacial score (nSPS) is 11.6. The van der Waals surface area contributed by atoms with Gasteiger partial charge in [-0.1, -0.05) is 15.9 Å². The number of nitro benzene ring substituents is 1. The Balaban J connectivity index is 2.94. The predicted octanol–water partition coefficient (Wildman–Crippen LogP) is 1.67. The average molecular weight is 362 g/mol. The summed E-state index contributed by atoms with van der Waals surface area (Å²) in [6.07, 6.45) is 2.45. The smallest absolute Gasteiger partial charge is 0.322 e. The van der Waals surface area contributed by atoms with E-state index in [9.17, 15) is 18.5 Å². The lowest BCUT2D eigenvalue weighted by molar-refractivity contribution is -0.673. The van der Waals surface area contributed by atoms with Gasteiger partial charge in [0.15, 0.2) is 11.6 Å². The second-order valence-electron chi connectivity index (χ2n) is 4.13. The second kappa shape index (κ2) is 4.98. The summed E-state index contributed by atoms with van der Waals surface area (Å²) in [5, 5.41) is 11.8. The molecule has 20 heavy (non-hydrogen) atoms. The van der Waals surface area contributed by atoms with E-state index < -0.39 is 15.0 Å². The van der Waals surface area contributed by atoms with Crippen LogP contribution in [0.25, 0.3) is 10.8 Å². The SMILES string of the molecule is C[n+]1ccc2c(Br)ccc([N+](=O)[O-])c2c1OS(C)(=O)=O. The molecule has 0 amide bonds. The minimum atomic E-state index is -3.81. The highest BCUT2D eigenvalue weighted by atomic mass is 79.9. The Labute approximate surface area is 123 Å². The molecule has 0 unspecified atom stereocenters. The molecule has 2 aromatic rings. The monoisotopic (exact) mass is 361 g/mol. The van der Waals surface area contributed by atoms with E-state index in [0.29, 0.717) is 9.86 Å². The summed E-state index contributed by atoms with van der Waals surface area (Å²) >= 11 is 3.28. The first kappa shape index (κ1) is 14.7. The van der Waals surface area contributed by atoms with Gasteiger partial charge in [-0.3, -0.25) is 10.1 Å². The molecule has 0 radical (unpaired) electrons. The van der Waals surface area contributed by atoms with E-state index in [4.69, 9.17) is 4.18 Å². The van der Waals surface area contributed by atoms with Crippen molar-refractivity contribution in [2.45, 2.75) is 0 Å². The Kier molecular flexibility index (Phi) is 3.65. The van der Waals surface area contributed by atoms with Crippen LogP contribution >= 0.6 is 15.9 Å². The lowest BCUT2D eigenvalue weighted by atomic mass is 10.1. The Hall–Kier alpha value is -1.74. The quantitative estimate of drug-likeness (QED) is 0.359.